The minimum Gasteiger partial charge on any atom is -0.369 e. The molecule has 1 amide bonds. The SMILES string of the molecule is CN(C)c1ncc(CN2CCO[C@H](c3ccc(-c4cccc(C(N)=O)c4)cn3)C2)cn1. The first-order valence-corrected chi connectivity index (χ1v) is 10.2. The number of hydrogen-bond donors (Lipinski definition) is 1. The Morgan fingerprint density at radius 2 is 1.94 bits per heavy atom. The molecule has 31 heavy (non-hydrogen) atoms. The second-order valence-corrected chi connectivity index (χ2v) is 7.80. The zero-order valence-electron chi connectivity index (χ0n) is 17.7. The number of aromatic nitrogens is 3. The van der Waals surface area contributed by atoms with Crippen molar-refractivity contribution in [2.75, 3.05) is 38.7 Å². The fourth-order valence-electron chi connectivity index (χ4n) is 3.56. The summed E-state index contributed by atoms with van der Waals surface area (Å²) in [5.41, 5.74) is 9.66. The lowest BCUT2D eigenvalue weighted by atomic mass is 10.0. The Morgan fingerprint density at radius 1 is 1.13 bits per heavy atom. The largest absolute Gasteiger partial charge is 0.369 e. The van der Waals surface area contributed by atoms with E-state index in [-0.39, 0.29) is 6.10 Å². The molecule has 0 radical (unpaired) electrons. The summed E-state index contributed by atoms with van der Waals surface area (Å²) in [5.74, 6) is 0.262. The van der Waals surface area contributed by atoms with Gasteiger partial charge in [0.25, 0.3) is 0 Å². The summed E-state index contributed by atoms with van der Waals surface area (Å²) < 4.78 is 5.98. The molecule has 2 aromatic heterocycles. The highest BCUT2D eigenvalue weighted by Gasteiger charge is 2.23. The van der Waals surface area contributed by atoms with Crippen molar-refractivity contribution in [3.63, 3.8) is 0 Å². The van der Waals surface area contributed by atoms with E-state index in [1.165, 1.54) is 0 Å². The number of nitrogens with zero attached hydrogens (tertiary/aromatic N) is 5. The van der Waals surface area contributed by atoms with Crippen molar-refractivity contribution in [1.82, 2.24) is 19.9 Å². The molecule has 0 bridgehead atoms. The van der Waals surface area contributed by atoms with Crippen molar-refractivity contribution in [1.29, 1.82) is 0 Å². The van der Waals surface area contributed by atoms with Crippen molar-refractivity contribution in [3.05, 3.63) is 71.8 Å². The maximum atomic E-state index is 11.4. The van der Waals surface area contributed by atoms with E-state index in [2.05, 4.69) is 19.9 Å². The van der Waals surface area contributed by atoms with Crippen molar-refractivity contribution in [2.24, 2.45) is 5.73 Å². The zero-order valence-corrected chi connectivity index (χ0v) is 17.7. The van der Waals surface area contributed by atoms with Gasteiger partial charge in [0.15, 0.2) is 0 Å². The van der Waals surface area contributed by atoms with Crippen molar-refractivity contribution in [3.8, 4) is 11.1 Å². The van der Waals surface area contributed by atoms with E-state index in [0.717, 1.165) is 42.0 Å². The third-order valence-electron chi connectivity index (χ3n) is 5.25. The highest BCUT2D eigenvalue weighted by Crippen LogP contribution is 2.25. The quantitative estimate of drug-likeness (QED) is 0.656. The third kappa shape index (κ3) is 5.04. The molecule has 3 aromatic rings. The van der Waals surface area contributed by atoms with Crippen LogP contribution in [0.2, 0.25) is 0 Å². The molecular weight excluding hydrogens is 392 g/mol. The predicted octanol–water partition coefficient (Wildman–Crippen LogP) is 2.28. The molecule has 2 N–H and O–H groups in total. The van der Waals surface area contributed by atoms with Crippen LogP contribution in [0.5, 0.6) is 0 Å². The number of ether oxygens (including phenoxy) is 1. The molecular formula is C23H26N6O2. The topological polar surface area (TPSA) is 97.5 Å². The highest BCUT2D eigenvalue weighted by atomic mass is 16.5. The molecule has 8 heteroatoms. The Hall–Kier alpha value is -3.36. The Labute approximate surface area is 181 Å². The number of benzene rings is 1. The number of nitrogens with two attached hydrogens (primary N) is 1. The monoisotopic (exact) mass is 418 g/mol. The molecule has 1 aliphatic heterocycles. The molecule has 1 saturated heterocycles. The number of anilines is 1. The van der Waals surface area contributed by atoms with E-state index in [4.69, 9.17) is 10.5 Å². The minimum absolute atomic E-state index is 0.0956. The smallest absolute Gasteiger partial charge is 0.248 e. The summed E-state index contributed by atoms with van der Waals surface area (Å²) in [5, 5.41) is 0. The lowest BCUT2D eigenvalue weighted by molar-refractivity contribution is -0.0350. The standard InChI is InChI=1S/C23H26N6O2/c1-28(2)23-26-11-16(12-27-23)14-29-8-9-31-21(15-29)20-7-6-19(13-25-20)17-4-3-5-18(10-17)22(24)30/h3-7,10-13,21H,8-9,14-15H2,1-2H3,(H2,24,30)/t21-/m0/s1. The first kappa shape index (κ1) is 20.9. The van der Waals surface area contributed by atoms with Gasteiger partial charge in [-0.3, -0.25) is 14.7 Å². The van der Waals surface area contributed by atoms with Gasteiger partial charge in [0.1, 0.15) is 6.10 Å². The van der Waals surface area contributed by atoms with Crippen molar-refractivity contribution >= 4 is 11.9 Å². The van der Waals surface area contributed by atoms with Crippen LogP contribution in [-0.4, -0.2) is 59.6 Å². The van der Waals surface area contributed by atoms with Gasteiger partial charge in [-0.15, -0.1) is 0 Å². The van der Waals surface area contributed by atoms with Crippen LogP contribution in [0.15, 0.2) is 55.0 Å². The normalized spacial score (nSPS) is 16.8. The summed E-state index contributed by atoms with van der Waals surface area (Å²) in [7, 11) is 3.85. The van der Waals surface area contributed by atoms with Crippen molar-refractivity contribution in [2.45, 2.75) is 12.6 Å². The molecule has 0 aliphatic carbocycles. The number of pyridine rings is 1. The first-order valence-electron chi connectivity index (χ1n) is 10.2. The molecule has 160 valence electrons. The molecule has 0 spiro atoms. The summed E-state index contributed by atoms with van der Waals surface area (Å²) in [4.78, 5) is 29.1. The molecule has 8 nitrogen and oxygen atoms in total. The van der Waals surface area contributed by atoms with Crippen LogP contribution in [-0.2, 0) is 11.3 Å². The van der Waals surface area contributed by atoms with Crippen LogP contribution in [0.1, 0.15) is 27.7 Å². The molecule has 1 fully saturated rings. The van der Waals surface area contributed by atoms with Gasteiger partial charge < -0.3 is 15.4 Å². The van der Waals surface area contributed by atoms with Crippen LogP contribution >= 0.6 is 0 Å². The van der Waals surface area contributed by atoms with Crippen molar-refractivity contribution < 1.29 is 9.53 Å². The van der Waals surface area contributed by atoms with Gasteiger partial charge in [-0.05, 0) is 23.8 Å². The van der Waals surface area contributed by atoms with Gasteiger partial charge in [0.05, 0.1) is 12.3 Å². The van der Waals surface area contributed by atoms with Crippen LogP contribution in [0, 0.1) is 0 Å². The lowest BCUT2D eigenvalue weighted by Crippen LogP contribution is -2.38. The van der Waals surface area contributed by atoms with E-state index in [9.17, 15) is 4.79 Å². The number of carbonyl (C=O) groups excluding carboxylic acids is 1. The van der Waals surface area contributed by atoms with Crippen LogP contribution < -0.4 is 10.6 Å². The number of morpholine rings is 1. The number of carbonyl (C=O) groups is 1. The number of primary amides is 1. The summed E-state index contributed by atoms with van der Waals surface area (Å²) in [6.45, 7) is 3.01. The van der Waals surface area contributed by atoms with E-state index >= 15 is 0 Å². The van der Waals surface area contributed by atoms with E-state index in [1.54, 1.807) is 12.1 Å². The average molecular weight is 419 g/mol. The Bertz CT molecular complexity index is 1040. The van der Waals surface area contributed by atoms with Gasteiger partial charge in [-0.25, -0.2) is 9.97 Å². The maximum absolute atomic E-state index is 11.4. The summed E-state index contributed by atoms with van der Waals surface area (Å²) in [6, 6.07) is 11.2. The first-order chi connectivity index (χ1) is 15.0. The van der Waals surface area contributed by atoms with E-state index < -0.39 is 5.91 Å². The molecule has 1 aliphatic rings. The summed E-state index contributed by atoms with van der Waals surface area (Å²) >= 11 is 0. The Kier molecular flexibility index (Phi) is 6.20. The predicted molar refractivity (Wildman–Crippen MR) is 119 cm³/mol. The molecule has 0 saturated carbocycles. The van der Waals surface area contributed by atoms with Crippen LogP contribution in [0.25, 0.3) is 11.1 Å². The van der Waals surface area contributed by atoms with Gasteiger partial charge in [-0.2, -0.15) is 0 Å². The Morgan fingerprint density at radius 3 is 2.61 bits per heavy atom. The second-order valence-electron chi connectivity index (χ2n) is 7.80. The molecule has 4 rings (SSSR count). The van der Waals surface area contributed by atoms with E-state index in [0.29, 0.717) is 18.1 Å². The molecule has 1 aromatic carbocycles. The van der Waals surface area contributed by atoms with Gasteiger partial charge >= 0.3 is 0 Å². The number of hydrogen-bond acceptors (Lipinski definition) is 7. The number of amides is 1. The van der Waals surface area contributed by atoms with Crippen LogP contribution in [0.3, 0.4) is 0 Å². The average Bonchev–Trinajstić information content (AvgIpc) is 2.80. The van der Waals surface area contributed by atoms with Gasteiger partial charge in [0, 0.05) is 69.0 Å². The minimum atomic E-state index is -0.441. The highest BCUT2D eigenvalue weighted by molar-refractivity contribution is 5.94. The molecule has 1 atom stereocenters. The summed E-state index contributed by atoms with van der Waals surface area (Å²) in [6.07, 6.45) is 5.47. The van der Waals surface area contributed by atoms with Crippen LogP contribution in [0.4, 0.5) is 5.95 Å². The third-order valence-corrected chi connectivity index (χ3v) is 5.25. The fraction of sp³-hybridized carbons (Fsp3) is 0.304. The Balaban J connectivity index is 1.42. The number of rotatable bonds is 6. The second kappa shape index (κ2) is 9.20. The van der Waals surface area contributed by atoms with E-state index in [1.807, 2.05) is 61.9 Å². The fourth-order valence-corrected chi connectivity index (χ4v) is 3.56. The molecule has 0 unspecified atom stereocenters. The zero-order chi connectivity index (χ0) is 21.8. The van der Waals surface area contributed by atoms with Gasteiger partial charge in [0.2, 0.25) is 11.9 Å². The molecule has 3 heterocycles. The lowest BCUT2D eigenvalue weighted by Gasteiger charge is -2.32. The van der Waals surface area contributed by atoms with Gasteiger partial charge in [-0.1, -0.05) is 18.2 Å². The maximum Gasteiger partial charge on any atom is 0.248 e.